The monoisotopic (exact) mass is 398 g/mol. The van der Waals surface area contributed by atoms with Crippen molar-refractivity contribution in [3.8, 4) is 5.75 Å². The molecule has 2 saturated heterocycles. The number of ether oxygens (including phenoxy) is 1. The number of likely N-dealkylation sites (tertiary alicyclic amines) is 2. The lowest BCUT2D eigenvalue weighted by molar-refractivity contribution is -0.136. The van der Waals surface area contributed by atoms with E-state index in [4.69, 9.17) is 4.74 Å². The second kappa shape index (κ2) is 8.37. The van der Waals surface area contributed by atoms with Crippen molar-refractivity contribution in [2.45, 2.75) is 70.3 Å². The molecule has 4 rings (SSSR count). The molecule has 5 nitrogen and oxygen atoms in total. The van der Waals surface area contributed by atoms with Gasteiger partial charge >= 0.3 is 0 Å². The third kappa shape index (κ3) is 4.44. The highest BCUT2D eigenvalue weighted by molar-refractivity contribution is 5.78. The van der Waals surface area contributed by atoms with Crippen LogP contribution < -0.4 is 4.74 Å². The first kappa shape index (κ1) is 20.2. The van der Waals surface area contributed by atoms with E-state index in [1.807, 2.05) is 28.0 Å². The van der Waals surface area contributed by atoms with Gasteiger partial charge in [0.25, 0.3) is 0 Å². The summed E-state index contributed by atoms with van der Waals surface area (Å²) in [5.41, 5.74) is 0.919. The van der Waals surface area contributed by atoms with Crippen LogP contribution in [0.4, 0.5) is 0 Å². The molecule has 0 N–H and O–H groups in total. The number of hydrogen-bond donors (Lipinski definition) is 0. The van der Waals surface area contributed by atoms with Crippen LogP contribution in [-0.2, 0) is 9.59 Å². The molecule has 1 aromatic carbocycles. The number of piperidine rings is 1. The lowest BCUT2D eigenvalue weighted by atomic mass is 9.76. The number of carbonyl (C=O) groups excluding carboxylic acids is 2. The van der Waals surface area contributed by atoms with Crippen molar-refractivity contribution in [1.82, 2.24) is 9.80 Å². The predicted octanol–water partition coefficient (Wildman–Crippen LogP) is 3.97. The minimum atomic E-state index is -0.251. The van der Waals surface area contributed by atoms with Gasteiger partial charge in [-0.25, -0.2) is 0 Å². The van der Waals surface area contributed by atoms with Crippen LogP contribution >= 0.6 is 0 Å². The summed E-state index contributed by atoms with van der Waals surface area (Å²) in [5.74, 6) is 2.05. The number of hydrogen-bond acceptors (Lipinski definition) is 3. The molecule has 1 spiro atoms. The van der Waals surface area contributed by atoms with Crippen molar-refractivity contribution in [2.75, 3.05) is 26.2 Å². The Morgan fingerprint density at radius 1 is 1.03 bits per heavy atom. The number of para-hydroxylation sites is 1. The van der Waals surface area contributed by atoms with Gasteiger partial charge in [0.15, 0.2) is 0 Å². The summed E-state index contributed by atoms with van der Waals surface area (Å²) in [4.78, 5) is 29.4. The van der Waals surface area contributed by atoms with E-state index in [2.05, 4.69) is 19.9 Å². The molecule has 2 amide bonds. The number of nitrogens with zero attached hydrogens (tertiary/aromatic N) is 2. The molecular weight excluding hydrogens is 364 g/mol. The van der Waals surface area contributed by atoms with Crippen LogP contribution in [-0.4, -0.2) is 53.4 Å². The fraction of sp³-hybridized carbons (Fsp3) is 0.667. The van der Waals surface area contributed by atoms with E-state index >= 15 is 0 Å². The fourth-order valence-corrected chi connectivity index (χ4v) is 5.18. The fourth-order valence-electron chi connectivity index (χ4n) is 5.18. The zero-order valence-electron chi connectivity index (χ0n) is 17.9. The largest absolute Gasteiger partial charge is 0.487 e. The molecule has 1 aromatic rings. The van der Waals surface area contributed by atoms with Crippen molar-refractivity contribution >= 4 is 11.8 Å². The molecule has 0 saturated carbocycles. The average Bonchev–Trinajstić information content (AvgIpc) is 3.23. The summed E-state index contributed by atoms with van der Waals surface area (Å²) >= 11 is 0. The summed E-state index contributed by atoms with van der Waals surface area (Å²) in [6.45, 7) is 7.49. The van der Waals surface area contributed by atoms with Crippen molar-refractivity contribution < 1.29 is 14.3 Å². The molecule has 0 unspecified atom stereocenters. The molecule has 3 aliphatic rings. The molecule has 0 bridgehead atoms. The molecule has 3 aliphatic heterocycles. The zero-order chi connectivity index (χ0) is 20.4. The number of carbonyl (C=O) groups is 2. The third-order valence-electron chi connectivity index (χ3n) is 6.79. The Labute approximate surface area is 174 Å². The molecule has 0 aliphatic carbocycles. The SMILES string of the molecule is CC(C)CC(=O)N1CCC2(CC1)C[C@H](CC(=O)N1CCCC1)c1ccccc1O2. The van der Waals surface area contributed by atoms with Gasteiger partial charge < -0.3 is 14.5 Å². The maximum absolute atomic E-state index is 12.9. The number of amides is 2. The summed E-state index contributed by atoms with van der Waals surface area (Å²) in [5, 5.41) is 0. The van der Waals surface area contributed by atoms with Gasteiger partial charge in [-0.3, -0.25) is 9.59 Å². The topological polar surface area (TPSA) is 49.9 Å². The van der Waals surface area contributed by atoms with E-state index in [9.17, 15) is 9.59 Å². The first-order chi connectivity index (χ1) is 14.0. The first-order valence-corrected chi connectivity index (χ1v) is 11.3. The van der Waals surface area contributed by atoms with E-state index in [0.717, 1.165) is 64.0 Å². The second-order valence-electron chi connectivity index (χ2n) is 9.49. The molecule has 158 valence electrons. The average molecular weight is 399 g/mol. The highest BCUT2D eigenvalue weighted by Crippen LogP contribution is 2.46. The third-order valence-corrected chi connectivity index (χ3v) is 6.79. The lowest BCUT2D eigenvalue weighted by Gasteiger charge is -2.47. The van der Waals surface area contributed by atoms with Gasteiger partial charge in [-0.15, -0.1) is 0 Å². The van der Waals surface area contributed by atoms with Crippen molar-refractivity contribution in [3.05, 3.63) is 29.8 Å². The van der Waals surface area contributed by atoms with Crippen molar-refractivity contribution in [2.24, 2.45) is 5.92 Å². The Kier molecular flexibility index (Phi) is 5.84. The maximum atomic E-state index is 12.9. The summed E-state index contributed by atoms with van der Waals surface area (Å²) in [7, 11) is 0. The van der Waals surface area contributed by atoms with Crippen LogP contribution in [0.1, 0.15) is 70.3 Å². The van der Waals surface area contributed by atoms with Gasteiger partial charge in [0.05, 0.1) is 0 Å². The molecule has 1 atom stereocenters. The van der Waals surface area contributed by atoms with Crippen molar-refractivity contribution in [3.63, 3.8) is 0 Å². The van der Waals surface area contributed by atoms with E-state index in [0.29, 0.717) is 18.8 Å². The van der Waals surface area contributed by atoms with Gasteiger partial charge in [-0.05, 0) is 36.8 Å². The Morgan fingerprint density at radius 3 is 2.38 bits per heavy atom. The van der Waals surface area contributed by atoms with Gasteiger partial charge in [0.2, 0.25) is 11.8 Å². The summed E-state index contributed by atoms with van der Waals surface area (Å²) in [6.07, 6.45) is 6.00. The van der Waals surface area contributed by atoms with Crippen molar-refractivity contribution in [1.29, 1.82) is 0 Å². The molecule has 2 fully saturated rings. The lowest BCUT2D eigenvalue weighted by Crippen LogP contribution is -2.52. The van der Waals surface area contributed by atoms with E-state index in [-0.39, 0.29) is 23.3 Å². The second-order valence-corrected chi connectivity index (χ2v) is 9.49. The van der Waals surface area contributed by atoms with Gasteiger partial charge in [0, 0.05) is 57.8 Å². The number of fused-ring (bicyclic) bond motifs is 1. The van der Waals surface area contributed by atoms with E-state index in [1.165, 1.54) is 5.56 Å². The van der Waals surface area contributed by atoms with Gasteiger partial charge in [-0.2, -0.15) is 0 Å². The summed E-state index contributed by atoms with van der Waals surface area (Å²) in [6, 6.07) is 8.21. The highest BCUT2D eigenvalue weighted by atomic mass is 16.5. The maximum Gasteiger partial charge on any atom is 0.223 e. The Bertz CT molecular complexity index is 746. The van der Waals surface area contributed by atoms with E-state index in [1.54, 1.807) is 0 Å². The van der Waals surface area contributed by atoms with Crippen LogP contribution in [0.5, 0.6) is 5.75 Å². The molecule has 3 heterocycles. The minimum Gasteiger partial charge on any atom is -0.487 e. The Hall–Kier alpha value is -2.04. The van der Waals surface area contributed by atoms with Crippen LogP contribution in [0.3, 0.4) is 0 Å². The molecular formula is C24H34N2O3. The highest BCUT2D eigenvalue weighted by Gasteiger charge is 2.44. The van der Waals surface area contributed by atoms with Gasteiger partial charge in [0.1, 0.15) is 11.4 Å². The standard InChI is InChI=1S/C24H34N2O3/c1-18(2)15-22(27)26-13-9-24(10-14-26)17-19(16-23(28)25-11-5-6-12-25)20-7-3-4-8-21(20)29-24/h3-4,7-8,18-19H,5-6,9-17H2,1-2H3/t19-/m0/s1. The molecule has 0 radical (unpaired) electrons. The van der Waals surface area contributed by atoms with Crippen LogP contribution in [0.15, 0.2) is 24.3 Å². The smallest absolute Gasteiger partial charge is 0.223 e. The molecule has 29 heavy (non-hydrogen) atoms. The molecule has 0 aromatic heterocycles. The first-order valence-electron chi connectivity index (χ1n) is 11.3. The summed E-state index contributed by atoms with van der Waals surface area (Å²) < 4.78 is 6.54. The zero-order valence-corrected chi connectivity index (χ0v) is 17.9. The Balaban J connectivity index is 1.47. The Morgan fingerprint density at radius 2 is 1.69 bits per heavy atom. The van der Waals surface area contributed by atoms with Crippen LogP contribution in [0.2, 0.25) is 0 Å². The normalized spacial score (nSPS) is 23.2. The number of rotatable bonds is 4. The molecule has 5 heteroatoms. The van der Waals surface area contributed by atoms with E-state index < -0.39 is 0 Å². The minimum absolute atomic E-state index is 0.200. The van der Waals surface area contributed by atoms with Crippen LogP contribution in [0, 0.1) is 5.92 Å². The number of benzene rings is 1. The quantitative estimate of drug-likeness (QED) is 0.771. The predicted molar refractivity (Wildman–Crippen MR) is 113 cm³/mol. The van der Waals surface area contributed by atoms with Gasteiger partial charge in [-0.1, -0.05) is 32.0 Å². The van der Waals surface area contributed by atoms with Crippen LogP contribution in [0.25, 0.3) is 0 Å².